The molecule has 1 aromatic rings. The Morgan fingerprint density at radius 1 is 1.10 bits per heavy atom. The molecule has 0 bridgehead atoms. The molecule has 1 unspecified atom stereocenters. The molecule has 21 heavy (non-hydrogen) atoms. The zero-order valence-corrected chi connectivity index (χ0v) is 13.6. The summed E-state index contributed by atoms with van der Waals surface area (Å²) in [6.45, 7) is 3.41. The summed E-state index contributed by atoms with van der Waals surface area (Å²) in [6.07, 6.45) is 14.3. The van der Waals surface area contributed by atoms with Gasteiger partial charge in [0.25, 0.3) is 0 Å². The third kappa shape index (κ3) is 6.05. The SMILES string of the molecule is CCCNC(CCCc1ccccc1)C1=CCCCCC1. The summed E-state index contributed by atoms with van der Waals surface area (Å²) in [6, 6.07) is 11.5. The number of allylic oxidation sites excluding steroid dienone is 1. The van der Waals surface area contributed by atoms with Gasteiger partial charge in [0.2, 0.25) is 0 Å². The Hall–Kier alpha value is -1.08. The second-order valence-corrected chi connectivity index (χ2v) is 6.26. The zero-order chi connectivity index (χ0) is 14.8. The summed E-state index contributed by atoms with van der Waals surface area (Å²) in [5, 5.41) is 3.78. The van der Waals surface area contributed by atoms with E-state index in [1.165, 1.54) is 63.4 Å². The topological polar surface area (TPSA) is 12.0 Å². The summed E-state index contributed by atoms with van der Waals surface area (Å²) in [7, 11) is 0. The van der Waals surface area contributed by atoms with Crippen LogP contribution in [0.2, 0.25) is 0 Å². The molecule has 1 nitrogen and oxygen atoms in total. The van der Waals surface area contributed by atoms with Gasteiger partial charge in [-0.15, -0.1) is 0 Å². The van der Waals surface area contributed by atoms with Crippen LogP contribution in [0.15, 0.2) is 42.0 Å². The number of rotatable bonds is 8. The Balaban J connectivity index is 1.85. The molecular weight excluding hydrogens is 254 g/mol. The molecule has 0 saturated heterocycles. The maximum absolute atomic E-state index is 3.78. The molecule has 116 valence electrons. The average Bonchev–Trinajstić information content (AvgIpc) is 2.81. The van der Waals surface area contributed by atoms with E-state index in [1.54, 1.807) is 5.57 Å². The van der Waals surface area contributed by atoms with E-state index in [0.717, 1.165) is 6.54 Å². The molecule has 0 aliphatic heterocycles. The molecule has 0 fully saturated rings. The lowest BCUT2D eigenvalue weighted by Gasteiger charge is -2.22. The van der Waals surface area contributed by atoms with Crippen molar-refractivity contribution in [2.75, 3.05) is 6.54 Å². The van der Waals surface area contributed by atoms with Gasteiger partial charge in [0, 0.05) is 6.04 Å². The van der Waals surface area contributed by atoms with E-state index < -0.39 is 0 Å². The number of nitrogens with one attached hydrogen (secondary N) is 1. The highest BCUT2D eigenvalue weighted by molar-refractivity contribution is 5.15. The second-order valence-electron chi connectivity index (χ2n) is 6.26. The van der Waals surface area contributed by atoms with Crippen molar-refractivity contribution in [3.8, 4) is 0 Å². The fraction of sp³-hybridized carbons (Fsp3) is 0.600. The number of hydrogen-bond acceptors (Lipinski definition) is 1. The molecule has 1 aliphatic rings. The molecule has 1 aromatic carbocycles. The summed E-state index contributed by atoms with van der Waals surface area (Å²) >= 11 is 0. The van der Waals surface area contributed by atoms with E-state index >= 15 is 0 Å². The Morgan fingerprint density at radius 2 is 1.95 bits per heavy atom. The van der Waals surface area contributed by atoms with E-state index in [2.05, 4.69) is 48.6 Å². The lowest BCUT2D eigenvalue weighted by atomic mass is 9.95. The van der Waals surface area contributed by atoms with Gasteiger partial charge >= 0.3 is 0 Å². The minimum atomic E-state index is 0.617. The van der Waals surface area contributed by atoms with Gasteiger partial charge in [-0.2, -0.15) is 0 Å². The summed E-state index contributed by atoms with van der Waals surface area (Å²) < 4.78 is 0. The Bertz CT molecular complexity index is 407. The number of aryl methyl sites for hydroxylation is 1. The molecule has 0 amide bonds. The molecule has 1 atom stereocenters. The van der Waals surface area contributed by atoms with Crippen molar-refractivity contribution < 1.29 is 0 Å². The van der Waals surface area contributed by atoms with E-state index in [1.807, 2.05) is 0 Å². The van der Waals surface area contributed by atoms with Gasteiger partial charge in [0.05, 0.1) is 0 Å². The van der Waals surface area contributed by atoms with Gasteiger partial charge in [-0.1, -0.05) is 55.3 Å². The standard InChI is InChI=1S/C20H31N/c1-2-17-21-20(19-14-8-3-4-9-15-19)16-10-13-18-11-6-5-7-12-18/h5-7,11-12,14,20-21H,2-4,8-10,13,15-17H2,1H3. The highest BCUT2D eigenvalue weighted by atomic mass is 14.9. The maximum atomic E-state index is 3.78. The third-order valence-corrected chi connectivity index (χ3v) is 4.47. The van der Waals surface area contributed by atoms with Crippen molar-refractivity contribution in [1.29, 1.82) is 0 Å². The summed E-state index contributed by atoms with van der Waals surface area (Å²) in [4.78, 5) is 0. The summed E-state index contributed by atoms with van der Waals surface area (Å²) in [5.41, 5.74) is 3.16. The monoisotopic (exact) mass is 285 g/mol. The van der Waals surface area contributed by atoms with Crippen LogP contribution in [0.3, 0.4) is 0 Å². The van der Waals surface area contributed by atoms with Crippen molar-refractivity contribution >= 4 is 0 Å². The average molecular weight is 285 g/mol. The molecule has 0 spiro atoms. The van der Waals surface area contributed by atoms with Crippen LogP contribution >= 0.6 is 0 Å². The van der Waals surface area contributed by atoms with E-state index in [-0.39, 0.29) is 0 Å². The molecular formula is C20H31N. The fourth-order valence-electron chi connectivity index (χ4n) is 3.25. The Morgan fingerprint density at radius 3 is 2.76 bits per heavy atom. The quantitative estimate of drug-likeness (QED) is 0.642. The van der Waals surface area contributed by atoms with Crippen LogP contribution in [0.5, 0.6) is 0 Å². The van der Waals surface area contributed by atoms with Gasteiger partial charge in [-0.05, 0) is 63.5 Å². The molecule has 1 heteroatoms. The third-order valence-electron chi connectivity index (χ3n) is 4.47. The van der Waals surface area contributed by atoms with Crippen LogP contribution in [-0.4, -0.2) is 12.6 Å². The van der Waals surface area contributed by atoms with E-state index in [0.29, 0.717) is 6.04 Å². The molecule has 1 N–H and O–H groups in total. The van der Waals surface area contributed by atoms with Crippen LogP contribution in [0.1, 0.15) is 63.9 Å². The van der Waals surface area contributed by atoms with Gasteiger partial charge in [0.15, 0.2) is 0 Å². The fourth-order valence-corrected chi connectivity index (χ4v) is 3.25. The molecule has 0 heterocycles. The largest absolute Gasteiger partial charge is 0.310 e. The van der Waals surface area contributed by atoms with Gasteiger partial charge in [0.1, 0.15) is 0 Å². The van der Waals surface area contributed by atoms with Crippen LogP contribution in [0.25, 0.3) is 0 Å². The van der Waals surface area contributed by atoms with Crippen molar-refractivity contribution in [2.45, 2.75) is 70.8 Å². The van der Waals surface area contributed by atoms with Crippen molar-refractivity contribution in [2.24, 2.45) is 0 Å². The first-order valence-corrected chi connectivity index (χ1v) is 8.86. The first-order chi connectivity index (χ1) is 10.4. The van der Waals surface area contributed by atoms with Gasteiger partial charge < -0.3 is 5.32 Å². The highest BCUT2D eigenvalue weighted by Crippen LogP contribution is 2.22. The predicted octanol–water partition coefficient (Wildman–Crippen LogP) is 5.27. The van der Waals surface area contributed by atoms with Gasteiger partial charge in [-0.25, -0.2) is 0 Å². The van der Waals surface area contributed by atoms with Crippen molar-refractivity contribution in [3.05, 3.63) is 47.5 Å². The first kappa shape index (κ1) is 16.3. The lowest BCUT2D eigenvalue weighted by molar-refractivity contribution is 0.501. The molecule has 1 aliphatic carbocycles. The highest BCUT2D eigenvalue weighted by Gasteiger charge is 2.14. The molecule has 2 rings (SSSR count). The molecule has 0 radical (unpaired) electrons. The van der Waals surface area contributed by atoms with Crippen LogP contribution in [0, 0.1) is 0 Å². The second kappa shape index (κ2) is 9.78. The van der Waals surface area contributed by atoms with E-state index in [9.17, 15) is 0 Å². The maximum Gasteiger partial charge on any atom is 0.0279 e. The van der Waals surface area contributed by atoms with Crippen molar-refractivity contribution in [1.82, 2.24) is 5.32 Å². The normalized spacial score (nSPS) is 17.1. The van der Waals surface area contributed by atoms with Crippen molar-refractivity contribution in [3.63, 3.8) is 0 Å². The Kier molecular flexibility index (Phi) is 7.59. The summed E-state index contributed by atoms with van der Waals surface area (Å²) in [5.74, 6) is 0. The van der Waals surface area contributed by atoms with E-state index in [4.69, 9.17) is 0 Å². The lowest BCUT2D eigenvalue weighted by Crippen LogP contribution is -2.31. The predicted molar refractivity (Wildman–Crippen MR) is 92.6 cm³/mol. The zero-order valence-electron chi connectivity index (χ0n) is 13.6. The molecule has 0 saturated carbocycles. The van der Waals surface area contributed by atoms with Crippen LogP contribution in [-0.2, 0) is 6.42 Å². The van der Waals surface area contributed by atoms with Crippen LogP contribution in [0.4, 0.5) is 0 Å². The van der Waals surface area contributed by atoms with Gasteiger partial charge in [-0.3, -0.25) is 0 Å². The van der Waals surface area contributed by atoms with Crippen LogP contribution < -0.4 is 5.32 Å². The Labute approximate surface area is 130 Å². The minimum Gasteiger partial charge on any atom is -0.310 e. The number of hydrogen-bond donors (Lipinski definition) is 1. The molecule has 0 aromatic heterocycles. The number of benzene rings is 1. The smallest absolute Gasteiger partial charge is 0.0279 e. The minimum absolute atomic E-state index is 0.617. The first-order valence-electron chi connectivity index (χ1n) is 8.86.